The maximum absolute atomic E-state index is 12.5. The lowest BCUT2D eigenvalue weighted by atomic mass is 9.95. The largest absolute Gasteiger partial charge is 0.352 e. The van der Waals surface area contributed by atoms with Crippen LogP contribution in [-0.2, 0) is 4.79 Å². The number of carbonyl (C=O) groups is 1. The molecule has 0 aliphatic heterocycles. The third-order valence-electron chi connectivity index (χ3n) is 4.69. The summed E-state index contributed by atoms with van der Waals surface area (Å²) in [6.07, 6.45) is 5.92. The monoisotopic (exact) mass is 358 g/mol. The Morgan fingerprint density at radius 3 is 2.52 bits per heavy atom. The fourth-order valence-corrected chi connectivity index (χ4v) is 4.11. The fourth-order valence-electron chi connectivity index (χ4n) is 3.19. The average molecular weight is 359 g/mol. The number of hydrogen-bond donors (Lipinski definition) is 1. The first-order chi connectivity index (χ1) is 12.0. The average Bonchev–Trinajstić information content (AvgIpc) is 2.97. The van der Waals surface area contributed by atoms with Gasteiger partial charge in [-0.2, -0.15) is 0 Å². The van der Waals surface area contributed by atoms with Gasteiger partial charge in [0, 0.05) is 11.7 Å². The minimum Gasteiger partial charge on any atom is -0.352 e. The van der Waals surface area contributed by atoms with Gasteiger partial charge in [-0.05, 0) is 45.7 Å². The standard InChI is InChI=1S/C19H26N4OS/c1-13-9-11-17(12-10-13)23-15(3)21-22-19(23)25-14(2)18(24)20-16-7-5-4-6-8-16/h9-12,14,16H,4-8H2,1-3H3,(H,20,24). The van der Waals surface area contributed by atoms with Crippen molar-refractivity contribution in [2.45, 2.75) is 69.3 Å². The number of benzene rings is 1. The van der Waals surface area contributed by atoms with Gasteiger partial charge in [0.2, 0.25) is 5.91 Å². The summed E-state index contributed by atoms with van der Waals surface area (Å²) in [5, 5.41) is 12.2. The Hall–Kier alpha value is -1.82. The Balaban J connectivity index is 1.70. The third kappa shape index (κ3) is 4.42. The van der Waals surface area contributed by atoms with Crippen LogP contribution in [0.25, 0.3) is 5.69 Å². The number of hydrogen-bond acceptors (Lipinski definition) is 4. The molecular weight excluding hydrogens is 332 g/mol. The Labute approximate surface area is 153 Å². The van der Waals surface area contributed by atoms with Gasteiger partial charge in [-0.3, -0.25) is 9.36 Å². The highest BCUT2D eigenvalue weighted by atomic mass is 32.2. The van der Waals surface area contributed by atoms with Crippen LogP contribution in [0.3, 0.4) is 0 Å². The molecule has 6 heteroatoms. The molecule has 1 saturated carbocycles. The number of carbonyl (C=O) groups excluding carboxylic acids is 1. The molecule has 0 spiro atoms. The molecule has 5 nitrogen and oxygen atoms in total. The van der Waals surface area contributed by atoms with Crippen LogP contribution in [0.1, 0.15) is 50.4 Å². The van der Waals surface area contributed by atoms with E-state index in [0.29, 0.717) is 6.04 Å². The SMILES string of the molecule is Cc1ccc(-n2c(C)nnc2SC(C)C(=O)NC2CCCCC2)cc1. The predicted molar refractivity (Wildman–Crippen MR) is 101 cm³/mol. The molecule has 1 N–H and O–H groups in total. The van der Waals surface area contributed by atoms with Crippen LogP contribution in [0.4, 0.5) is 0 Å². The van der Waals surface area contributed by atoms with Crippen molar-refractivity contribution in [1.82, 2.24) is 20.1 Å². The number of aromatic nitrogens is 3. The van der Waals surface area contributed by atoms with Crippen molar-refractivity contribution in [2.75, 3.05) is 0 Å². The molecule has 1 aromatic carbocycles. The summed E-state index contributed by atoms with van der Waals surface area (Å²) in [4.78, 5) is 12.5. The van der Waals surface area contributed by atoms with Crippen LogP contribution in [0.2, 0.25) is 0 Å². The fraction of sp³-hybridized carbons (Fsp3) is 0.526. The van der Waals surface area contributed by atoms with E-state index in [2.05, 4.69) is 46.7 Å². The van der Waals surface area contributed by atoms with E-state index < -0.39 is 0 Å². The Morgan fingerprint density at radius 2 is 1.84 bits per heavy atom. The van der Waals surface area contributed by atoms with Gasteiger partial charge in [0.05, 0.1) is 5.25 Å². The van der Waals surface area contributed by atoms with Crippen molar-refractivity contribution in [3.8, 4) is 5.69 Å². The smallest absolute Gasteiger partial charge is 0.233 e. The second kappa shape index (κ2) is 8.04. The summed E-state index contributed by atoms with van der Waals surface area (Å²) in [5.41, 5.74) is 2.24. The molecule has 1 fully saturated rings. The Morgan fingerprint density at radius 1 is 1.16 bits per heavy atom. The van der Waals surface area contributed by atoms with Gasteiger partial charge < -0.3 is 5.32 Å². The van der Waals surface area contributed by atoms with Gasteiger partial charge in [0.25, 0.3) is 0 Å². The van der Waals surface area contributed by atoms with Gasteiger partial charge in [-0.1, -0.05) is 48.7 Å². The minimum absolute atomic E-state index is 0.0907. The molecule has 0 bridgehead atoms. The summed E-state index contributed by atoms with van der Waals surface area (Å²) in [6, 6.07) is 8.59. The summed E-state index contributed by atoms with van der Waals surface area (Å²) in [5.74, 6) is 0.916. The normalized spacial score (nSPS) is 16.6. The van der Waals surface area contributed by atoms with Crippen LogP contribution < -0.4 is 5.32 Å². The molecule has 1 unspecified atom stereocenters. The topological polar surface area (TPSA) is 59.8 Å². The van der Waals surface area contributed by atoms with Crippen molar-refractivity contribution < 1.29 is 4.79 Å². The maximum Gasteiger partial charge on any atom is 0.233 e. The van der Waals surface area contributed by atoms with Crippen molar-refractivity contribution in [3.05, 3.63) is 35.7 Å². The molecule has 25 heavy (non-hydrogen) atoms. The van der Waals surface area contributed by atoms with E-state index in [1.807, 2.05) is 18.4 Å². The van der Waals surface area contributed by atoms with Crippen LogP contribution in [0, 0.1) is 13.8 Å². The zero-order chi connectivity index (χ0) is 17.8. The van der Waals surface area contributed by atoms with E-state index in [4.69, 9.17) is 0 Å². The second-order valence-corrected chi connectivity index (χ2v) is 8.11. The van der Waals surface area contributed by atoms with Crippen LogP contribution in [0.15, 0.2) is 29.4 Å². The van der Waals surface area contributed by atoms with Crippen LogP contribution >= 0.6 is 11.8 Å². The van der Waals surface area contributed by atoms with E-state index in [9.17, 15) is 4.79 Å². The molecule has 1 amide bonds. The summed E-state index contributed by atoms with van der Waals surface area (Å²) in [6.45, 7) is 5.94. The number of amides is 1. The van der Waals surface area contributed by atoms with Crippen molar-refractivity contribution in [1.29, 1.82) is 0 Å². The third-order valence-corrected chi connectivity index (χ3v) is 5.73. The lowest BCUT2D eigenvalue weighted by Crippen LogP contribution is -2.40. The van der Waals surface area contributed by atoms with E-state index in [-0.39, 0.29) is 11.2 Å². The zero-order valence-electron chi connectivity index (χ0n) is 15.2. The van der Waals surface area contributed by atoms with Crippen LogP contribution in [-0.4, -0.2) is 32.0 Å². The number of aryl methyl sites for hydroxylation is 2. The van der Waals surface area contributed by atoms with E-state index in [1.54, 1.807) is 0 Å². The predicted octanol–water partition coefficient (Wildman–Crippen LogP) is 3.81. The molecule has 1 aliphatic rings. The molecule has 1 aromatic heterocycles. The highest BCUT2D eigenvalue weighted by molar-refractivity contribution is 8.00. The molecule has 0 saturated heterocycles. The lowest BCUT2D eigenvalue weighted by molar-refractivity contribution is -0.121. The molecule has 2 aromatic rings. The van der Waals surface area contributed by atoms with Crippen LogP contribution in [0.5, 0.6) is 0 Å². The highest BCUT2D eigenvalue weighted by Crippen LogP contribution is 2.26. The quantitative estimate of drug-likeness (QED) is 0.826. The Kier molecular flexibility index (Phi) is 5.78. The van der Waals surface area contributed by atoms with Crippen molar-refractivity contribution >= 4 is 17.7 Å². The first-order valence-corrected chi connectivity index (χ1v) is 9.88. The molecule has 1 aliphatic carbocycles. The molecule has 1 atom stereocenters. The summed E-state index contributed by atoms with van der Waals surface area (Å²) in [7, 11) is 0. The van der Waals surface area contributed by atoms with Crippen molar-refractivity contribution in [2.24, 2.45) is 0 Å². The maximum atomic E-state index is 12.5. The minimum atomic E-state index is -0.199. The number of thioether (sulfide) groups is 1. The van der Waals surface area contributed by atoms with E-state index >= 15 is 0 Å². The molecule has 134 valence electrons. The summed E-state index contributed by atoms with van der Waals surface area (Å²) >= 11 is 1.46. The van der Waals surface area contributed by atoms with Gasteiger partial charge >= 0.3 is 0 Å². The Bertz CT molecular complexity index is 720. The number of nitrogens with one attached hydrogen (secondary N) is 1. The number of rotatable bonds is 5. The van der Waals surface area contributed by atoms with Gasteiger partial charge in [-0.15, -0.1) is 10.2 Å². The first kappa shape index (κ1) is 18.0. The first-order valence-electron chi connectivity index (χ1n) is 9.00. The zero-order valence-corrected chi connectivity index (χ0v) is 16.0. The second-order valence-electron chi connectivity index (χ2n) is 6.80. The molecule has 1 heterocycles. The number of nitrogens with zero attached hydrogens (tertiary/aromatic N) is 3. The highest BCUT2D eigenvalue weighted by Gasteiger charge is 2.23. The molecular formula is C19H26N4OS. The molecule has 3 rings (SSSR count). The van der Waals surface area contributed by atoms with Gasteiger partial charge in [0.15, 0.2) is 5.16 Å². The van der Waals surface area contributed by atoms with Crippen molar-refractivity contribution in [3.63, 3.8) is 0 Å². The van der Waals surface area contributed by atoms with E-state index in [1.165, 1.54) is 36.6 Å². The lowest BCUT2D eigenvalue weighted by Gasteiger charge is -2.24. The summed E-state index contributed by atoms with van der Waals surface area (Å²) < 4.78 is 2.01. The molecule has 0 radical (unpaired) electrons. The van der Waals surface area contributed by atoms with Gasteiger partial charge in [0.1, 0.15) is 5.82 Å². The van der Waals surface area contributed by atoms with E-state index in [0.717, 1.165) is 29.5 Å². The van der Waals surface area contributed by atoms with Gasteiger partial charge in [-0.25, -0.2) is 0 Å².